The Balaban J connectivity index is 1.80. The van der Waals surface area contributed by atoms with Crippen LogP contribution in [0, 0.1) is 0 Å². The molecule has 0 bridgehead atoms. The molecule has 2 aromatic carbocycles. The third-order valence-electron chi connectivity index (χ3n) is 6.74. The molecule has 1 N–H and O–H groups in total. The van der Waals surface area contributed by atoms with Gasteiger partial charge in [0.1, 0.15) is 6.04 Å². The summed E-state index contributed by atoms with van der Waals surface area (Å²) in [6.07, 6.45) is 6.09. The summed E-state index contributed by atoms with van der Waals surface area (Å²) in [7, 11) is 0. The van der Waals surface area contributed by atoms with Crippen molar-refractivity contribution >= 4 is 29.4 Å². The number of aliphatic carboxylic acids is 1. The van der Waals surface area contributed by atoms with Crippen LogP contribution in [-0.2, 0) is 4.79 Å². The van der Waals surface area contributed by atoms with E-state index in [4.69, 9.17) is 0 Å². The second-order valence-electron chi connectivity index (χ2n) is 9.47. The molecule has 1 saturated heterocycles. The van der Waals surface area contributed by atoms with E-state index in [1.54, 1.807) is 4.90 Å². The zero-order valence-corrected chi connectivity index (χ0v) is 22.1. The molecule has 0 aliphatic carbocycles. The topological polar surface area (TPSA) is 84.4 Å². The van der Waals surface area contributed by atoms with E-state index in [0.717, 1.165) is 38.5 Å². The Morgan fingerprint density at radius 2 is 1.30 bits per heavy atom. The van der Waals surface area contributed by atoms with Crippen LogP contribution in [0.2, 0.25) is 0 Å². The smallest absolute Gasteiger partial charge is 0.329 e. The number of carboxylic acid groups (broad SMARTS) is 1. The molecule has 0 unspecified atom stereocenters. The normalized spacial score (nSPS) is 15.4. The number of hydrogen-bond acceptors (Lipinski definition) is 3. The Morgan fingerprint density at radius 1 is 0.784 bits per heavy atom. The van der Waals surface area contributed by atoms with Crippen molar-refractivity contribution in [1.82, 2.24) is 14.7 Å². The zero-order valence-electron chi connectivity index (χ0n) is 22.1. The molecule has 1 fully saturated rings. The van der Waals surface area contributed by atoms with Crippen LogP contribution in [0.4, 0.5) is 21.0 Å². The van der Waals surface area contributed by atoms with E-state index in [0.29, 0.717) is 31.0 Å². The molecule has 4 amide bonds. The van der Waals surface area contributed by atoms with Gasteiger partial charge in [-0.3, -0.25) is 4.90 Å². The molecule has 1 heterocycles. The summed E-state index contributed by atoms with van der Waals surface area (Å²) in [5, 5.41) is 10.1. The van der Waals surface area contributed by atoms with Crippen LogP contribution >= 0.6 is 0 Å². The van der Waals surface area contributed by atoms with Gasteiger partial charge in [-0.25, -0.2) is 14.4 Å². The average molecular weight is 509 g/mol. The minimum atomic E-state index is -1.13. The third-order valence-corrected chi connectivity index (χ3v) is 6.74. The maximum absolute atomic E-state index is 13.8. The number of amides is 4. The quantitative estimate of drug-likeness (QED) is 0.388. The van der Waals surface area contributed by atoms with Crippen molar-refractivity contribution in [2.75, 3.05) is 37.6 Å². The highest BCUT2D eigenvalue weighted by atomic mass is 16.4. The molecule has 0 saturated carbocycles. The van der Waals surface area contributed by atoms with Crippen molar-refractivity contribution in [3.63, 3.8) is 0 Å². The maximum atomic E-state index is 13.8. The monoisotopic (exact) mass is 508 g/mol. The number of hydrogen-bond donors (Lipinski definition) is 1. The first-order chi connectivity index (χ1) is 18.0. The minimum absolute atomic E-state index is 0.0324. The molecule has 1 aliphatic rings. The second kappa shape index (κ2) is 14.3. The minimum Gasteiger partial charge on any atom is -0.480 e. The summed E-state index contributed by atoms with van der Waals surface area (Å²) < 4.78 is 0. The predicted octanol–water partition coefficient (Wildman–Crippen LogP) is 5.82. The molecule has 0 spiro atoms. The van der Waals surface area contributed by atoms with Crippen molar-refractivity contribution in [2.24, 2.45) is 0 Å². The van der Waals surface area contributed by atoms with Crippen LogP contribution in [0.5, 0.6) is 0 Å². The summed E-state index contributed by atoms with van der Waals surface area (Å²) in [5.74, 6) is -1.12. The predicted molar refractivity (Wildman–Crippen MR) is 146 cm³/mol. The Morgan fingerprint density at radius 3 is 1.76 bits per heavy atom. The SMILES string of the molecule is CCCCCN(CCCCC)C(=O)N1CCN(C(=O)N(c2ccccc2)c2ccccc2)[C@H](C(=O)O)C1. The van der Waals surface area contributed by atoms with Gasteiger partial charge >= 0.3 is 18.0 Å². The molecule has 0 aromatic heterocycles. The van der Waals surface area contributed by atoms with E-state index in [1.165, 1.54) is 9.80 Å². The summed E-state index contributed by atoms with van der Waals surface area (Å²) in [6.45, 7) is 6.01. The Labute approximate surface area is 220 Å². The summed E-state index contributed by atoms with van der Waals surface area (Å²) in [5.41, 5.74) is 1.30. The van der Waals surface area contributed by atoms with Crippen LogP contribution in [0.1, 0.15) is 52.4 Å². The van der Waals surface area contributed by atoms with Crippen molar-refractivity contribution < 1.29 is 19.5 Å². The van der Waals surface area contributed by atoms with Crippen molar-refractivity contribution in [3.8, 4) is 0 Å². The average Bonchev–Trinajstić information content (AvgIpc) is 2.93. The van der Waals surface area contributed by atoms with E-state index in [1.807, 2.05) is 65.6 Å². The Hall–Kier alpha value is -3.55. The van der Waals surface area contributed by atoms with E-state index in [2.05, 4.69) is 13.8 Å². The van der Waals surface area contributed by atoms with Gasteiger partial charge in [-0.15, -0.1) is 0 Å². The number of carbonyl (C=O) groups excluding carboxylic acids is 2. The lowest BCUT2D eigenvalue weighted by molar-refractivity contribution is -0.143. The lowest BCUT2D eigenvalue weighted by Crippen LogP contribution is -2.62. The molecule has 8 nitrogen and oxygen atoms in total. The van der Waals surface area contributed by atoms with Gasteiger partial charge in [0.05, 0.1) is 17.9 Å². The van der Waals surface area contributed by atoms with Crippen LogP contribution in [0.3, 0.4) is 0 Å². The highest BCUT2D eigenvalue weighted by Crippen LogP contribution is 2.28. The number of nitrogens with zero attached hydrogens (tertiary/aromatic N) is 4. The Bertz CT molecular complexity index is 952. The number of carboxylic acids is 1. The van der Waals surface area contributed by atoms with Gasteiger partial charge in [-0.1, -0.05) is 75.9 Å². The number of urea groups is 2. The highest BCUT2D eigenvalue weighted by molar-refractivity contribution is 6.01. The fourth-order valence-corrected chi connectivity index (χ4v) is 4.66. The first-order valence-electron chi connectivity index (χ1n) is 13.4. The fourth-order valence-electron chi connectivity index (χ4n) is 4.66. The van der Waals surface area contributed by atoms with Crippen molar-refractivity contribution in [3.05, 3.63) is 60.7 Å². The first-order valence-corrected chi connectivity index (χ1v) is 13.4. The van der Waals surface area contributed by atoms with E-state index >= 15 is 0 Å². The number of benzene rings is 2. The van der Waals surface area contributed by atoms with Crippen molar-refractivity contribution in [1.29, 1.82) is 0 Å². The van der Waals surface area contributed by atoms with Gasteiger partial charge < -0.3 is 19.8 Å². The number of anilines is 2. The van der Waals surface area contributed by atoms with Crippen LogP contribution in [-0.4, -0.2) is 76.6 Å². The standard InChI is InChI=1S/C29H40N4O4/c1-3-5-13-19-30(20-14-6-4-2)28(36)31-21-22-32(26(23-31)27(34)35)29(37)33(24-15-9-7-10-16-24)25-17-11-8-12-18-25/h7-12,15-18,26H,3-6,13-14,19-23H2,1-2H3,(H,34,35)/t26-/m0/s1. The molecule has 1 aliphatic heterocycles. The number of piperazine rings is 1. The fraction of sp³-hybridized carbons (Fsp3) is 0.483. The molecule has 2 aromatic rings. The number of rotatable bonds is 11. The van der Waals surface area contributed by atoms with Crippen LogP contribution < -0.4 is 4.90 Å². The lowest BCUT2D eigenvalue weighted by atomic mass is 10.1. The summed E-state index contributed by atoms with van der Waals surface area (Å²) in [6, 6.07) is 16.7. The zero-order chi connectivity index (χ0) is 26.6. The van der Waals surface area contributed by atoms with Gasteiger partial charge in [0, 0.05) is 26.2 Å². The molecule has 3 rings (SSSR count). The van der Waals surface area contributed by atoms with Gasteiger partial charge in [-0.2, -0.15) is 0 Å². The van der Waals surface area contributed by atoms with Gasteiger partial charge in [0.15, 0.2) is 0 Å². The molecule has 0 radical (unpaired) electrons. The number of unbranched alkanes of at least 4 members (excludes halogenated alkanes) is 4. The highest BCUT2D eigenvalue weighted by Gasteiger charge is 2.40. The second-order valence-corrected chi connectivity index (χ2v) is 9.47. The largest absolute Gasteiger partial charge is 0.480 e. The molecule has 200 valence electrons. The Kier molecular flexibility index (Phi) is 10.8. The molecule has 1 atom stereocenters. The molecule has 8 heteroatoms. The summed E-state index contributed by atoms with van der Waals surface area (Å²) in [4.78, 5) is 46.0. The van der Waals surface area contributed by atoms with E-state index in [9.17, 15) is 19.5 Å². The molecular weight excluding hydrogens is 468 g/mol. The number of para-hydroxylation sites is 2. The lowest BCUT2D eigenvalue weighted by Gasteiger charge is -2.42. The van der Waals surface area contributed by atoms with Crippen molar-refractivity contribution in [2.45, 2.75) is 58.4 Å². The molecular formula is C29H40N4O4. The van der Waals surface area contributed by atoms with Gasteiger partial charge in [-0.05, 0) is 37.1 Å². The van der Waals surface area contributed by atoms with Gasteiger partial charge in [0.25, 0.3) is 0 Å². The van der Waals surface area contributed by atoms with E-state index < -0.39 is 18.0 Å². The number of carbonyl (C=O) groups is 3. The van der Waals surface area contributed by atoms with Crippen LogP contribution in [0.15, 0.2) is 60.7 Å². The molecule has 37 heavy (non-hydrogen) atoms. The maximum Gasteiger partial charge on any atom is 0.329 e. The third kappa shape index (κ3) is 7.47. The first kappa shape index (κ1) is 28.0. The van der Waals surface area contributed by atoms with Crippen LogP contribution in [0.25, 0.3) is 0 Å². The summed E-state index contributed by atoms with van der Waals surface area (Å²) >= 11 is 0. The van der Waals surface area contributed by atoms with E-state index in [-0.39, 0.29) is 19.1 Å². The van der Waals surface area contributed by atoms with Gasteiger partial charge in [0.2, 0.25) is 0 Å².